The highest BCUT2D eigenvalue weighted by Crippen LogP contribution is 2.26. The molecule has 106 valence electrons. The summed E-state index contributed by atoms with van der Waals surface area (Å²) in [4.78, 5) is 11.5. The van der Waals surface area contributed by atoms with Crippen LogP contribution in [-0.2, 0) is 11.2 Å². The second-order valence-corrected chi connectivity index (χ2v) is 4.98. The summed E-state index contributed by atoms with van der Waals surface area (Å²) in [5, 5.41) is 3.46. The topological polar surface area (TPSA) is 64.3 Å². The van der Waals surface area contributed by atoms with Crippen LogP contribution in [0.3, 0.4) is 0 Å². The molecule has 0 heterocycles. The van der Waals surface area contributed by atoms with E-state index >= 15 is 0 Å². The first-order valence-corrected chi connectivity index (χ1v) is 6.82. The fourth-order valence-electron chi connectivity index (χ4n) is 1.71. The van der Waals surface area contributed by atoms with E-state index in [1.807, 2.05) is 32.0 Å². The summed E-state index contributed by atoms with van der Waals surface area (Å²) in [5.41, 5.74) is 6.45. The number of hydrogen-bond acceptors (Lipinski definition) is 3. The van der Waals surface area contributed by atoms with Crippen molar-refractivity contribution in [3.8, 4) is 5.75 Å². The number of nitrogens with one attached hydrogen (secondary N) is 1. The maximum Gasteiger partial charge on any atom is 0.223 e. The van der Waals surface area contributed by atoms with E-state index in [0.29, 0.717) is 36.8 Å². The van der Waals surface area contributed by atoms with Crippen molar-refractivity contribution in [2.75, 3.05) is 13.2 Å². The molecular weight excluding hydrogens is 264 g/mol. The molecule has 1 aromatic rings. The Morgan fingerprint density at radius 3 is 2.84 bits per heavy atom. The maximum atomic E-state index is 11.5. The molecule has 0 spiro atoms. The summed E-state index contributed by atoms with van der Waals surface area (Å²) in [6, 6.07) is 5.63. The number of ether oxygens (including phenoxy) is 1. The fraction of sp³-hybridized carbons (Fsp3) is 0.500. The number of carbonyl (C=O) groups excluding carboxylic acids is 1. The number of nitrogens with two attached hydrogens (primary N) is 1. The zero-order chi connectivity index (χ0) is 14.3. The molecule has 1 rings (SSSR count). The Hall–Kier alpha value is -1.26. The second-order valence-electron chi connectivity index (χ2n) is 4.58. The Labute approximate surface area is 119 Å². The SMILES string of the molecule is CC(C)NC(=O)CCOc1cccc(Cl)c1CCN. The van der Waals surface area contributed by atoms with Gasteiger partial charge in [-0.2, -0.15) is 0 Å². The molecule has 0 unspecified atom stereocenters. The van der Waals surface area contributed by atoms with Crippen LogP contribution in [0.25, 0.3) is 0 Å². The van der Waals surface area contributed by atoms with Gasteiger partial charge in [-0.3, -0.25) is 4.79 Å². The summed E-state index contributed by atoms with van der Waals surface area (Å²) in [6.07, 6.45) is 0.986. The van der Waals surface area contributed by atoms with Crippen molar-refractivity contribution in [3.63, 3.8) is 0 Å². The van der Waals surface area contributed by atoms with E-state index in [-0.39, 0.29) is 11.9 Å². The molecule has 0 radical (unpaired) electrons. The third-order valence-corrected chi connectivity index (χ3v) is 2.86. The van der Waals surface area contributed by atoms with E-state index in [0.717, 1.165) is 5.56 Å². The number of benzene rings is 1. The first-order valence-electron chi connectivity index (χ1n) is 6.44. The van der Waals surface area contributed by atoms with Crippen LogP contribution >= 0.6 is 11.6 Å². The molecule has 19 heavy (non-hydrogen) atoms. The van der Waals surface area contributed by atoms with Gasteiger partial charge in [0.25, 0.3) is 0 Å². The van der Waals surface area contributed by atoms with Crippen molar-refractivity contribution in [2.24, 2.45) is 5.73 Å². The van der Waals surface area contributed by atoms with Gasteiger partial charge in [0.2, 0.25) is 5.91 Å². The minimum absolute atomic E-state index is 0.0163. The lowest BCUT2D eigenvalue weighted by molar-refractivity contribution is -0.122. The van der Waals surface area contributed by atoms with Crippen molar-refractivity contribution < 1.29 is 9.53 Å². The molecule has 0 saturated carbocycles. The number of hydrogen-bond donors (Lipinski definition) is 2. The van der Waals surface area contributed by atoms with Gasteiger partial charge < -0.3 is 15.8 Å². The molecule has 4 nitrogen and oxygen atoms in total. The van der Waals surface area contributed by atoms with Gasteiger partial charge in [0.05, 0.1) is 13.0 Å². The molecule has 0 aromatic heterocycles. The first kappa shape index (κ1) is 15.8. The summed E-state index contributed by atoms with van der Waals surface area (Å²) in [5.74, 6) is 0.688. The summed E-state index contributed by atoms with van der Waals surface area (Å²) in [7, 11) is 0. The number of rotatable bonds is 7. The predicted molar refractivity (Wildman–Crippen MR) is 77.6 cm³/mol. The standard InChI is InChI=1S/C14H21ClN2O2/c1-10(2)17-14(18)7-9-19-13-5-3-4-12(15)11(13)6-8-16/h3-5,10H,6-9,16H2,1-2H3,(H,17,18). The molecule has 0 atom stereocenters. The first-order chi connectivity index (χ1) is 9.04. The molecule has 0 saturated heterocycles. The van der Waals surface area contributed by atoms with Gasteiger partial charge in [0.1, 0.15) is 5.75 Å². The van der Waals surface area contributed by atoms with Crippen molar-refractivity contribution in [3.05, 3.63) is 28.8 Å². The van der Waals surface area contributed by atoms with Crippen LogP contribution in [0, 0.1) is 0 Å². The zero-order valence-electron chi connectivity index (χ0n) is 11.4. The van der Waals surface area contributed by atoms with Crippen molar-refractivity contribution in [1.82, 2.24) is 5.32 Å². The Kier molecular flexibility index (Phi) is 6.67. The summed E-state index contributed by atoms with van der Waals surface area (Å²) >= 11 is 6.10. The van der Waals surface area contributed by atoms with Gasteiger partial charge in [-0.25, -0.2) is 0 Å². The molecule has 0 aliphatic rings. The van der Waals surface area contributed by atoms with Gasteiger partial charge in [-0.1, -0.05) is 17.7 Å². The van der Waals surface area contributed by atoms with E-state index in [1.165, 1.54) is 0 Å². The summed E-state index contributed by atoms with van der Waals surface area (Å²) < 4.78 is 5.62. The number of halogens is 1. The minimum Gasteiger partial charge on any atom is -0.493 e. The Morgan fingerprint density at radius 2 is 2.21 bits per heavy atom. The Bertz CT molecular complexity index is 422. The van der Waals surface area contributed by atoms with E-state index in [4.69, 9.17) is 22.1 Å². The van der Waals surface area contributed by atoms with Gasteiger partial charge in [-0.15, -0.1) is 0 Å². The second kappa shape index (κ2) is 8.02. The van der Waals surface area contributed by atoms with Crippen LogP contribution < -0.4 is 15.8 Å². The van der Waals surface area contributed by atoms with Gasteiger partial charge in [0.15, 0.2) is 0 Å². The van der Waals surface area contributed by atoms with Gasteiger partial charge >= 0.3 is 0 Å². The van der Waals surface area contributed by atoms with E-state index in [1.54, 1.807) is 0 Å². The van der Waals surface area contributed by atoms with Crippen molar-refractivity contribution in [1.29, 1.82) is 0 Å². The van der Waals surface area contributed by atoms with Gasteiger partial charge in [-0.05, 0) is 38.9 Å². The van der Waals surface area contributed by atoms with Crippen LogP contribution in [-0.4, -0.2) is 25.1 Å². The lowest BCUT2D eigenvalue weighted by atomic mass is 10.1. The molecule has 0 aliphatic carbocycles. The molecule has 0 aliphatic heterocycles. The number of carbonyl (C=O) groups is 1. The maximum absolute atomic E-state index is 11.5. The predicted octanol–water partition coefficient (Wildman–Crippen LogP) is 2.13. The van der Waals surface area contributed by atoms with Crippen LogP contribution in [0.4, 0.5) is 0 Å². The fourth-order valence-corrected chi connectivity index (χ4v) is 1.97. The van der Waals surface area contributed by atoms with Crippen LogP contribution in [0.1, 0.15) is 25.8 Å². The number of amides is 1. The summed E-state index contributed by atoms with van der Waals surface area (Å²) in [6.45, 7) is 4.69. The highest BCUT2D eigenvalue weighted by atomic mass is 35.5. The van der Waals surface area contributed by atoms with Crippen LogP contribution in [0.15, 0.2) is 18.2 Å². The monoisotopic (exact) mass is 284 g/mol. The molecule has 5 heteroatoms. The Balaban J connectivity index is 2.53. The van der Waals surface area contributed by atoms with Crippen LogP contribution in [0.5, 0.6) is 5.75 Å². The largest absolute Gasteiger partial charge is 0.493 e. The third kappa shape index (κ3) is 5.49. The van der Waals surface area contributed by atoms with E-state index in [9.17, 15) is 4.79 Å². The lowest BCUT2D eigenvalue weighted by Gasteiger charge is -2.13. The van der Waals surface area contributed by atoms with Crippen molar-refractivity contribution in [2.45, 2.75) is 32.7 Å². The molecular formula is C14H21ClN2O2. The minimum atomic E-state index is -0.0163. The zero-order valence-corrected chi connectivity index (χ0v) is 12.2. The molecule has 3 N–H and O–H groups in total. The van der Waals surface area contributed by atoms with E-state index < -0.39 is 0 Å². The third-order valence-electron chi connectivity index (χ3n) is 2.51. The molecule has 0 bridgehead atoms. The highest BCUT2D eigenvalue weighted by Gasteiger charge is 2.09. The van der Waals surface area contributed by atoms with E-state index in [2.05, 4.69) is 5.32 Å². The van der Waals surface area contributed by atoms with Crippen LogP contribution in [0.2, 0.25) is 5.02 Å². The quantitative estimate of drug-likeness (QED) is 0.806. The molecule has 1 amide bonds. The van der Waals surface area contributed by atoms with Gasteiger partial charge in [0, 0.05) is 16.6 Å². The average Bonchev–Trinajstić information content (AvgIpc) is 2.32. The highest BCUT2D eigenvalue weighted by molar-refractivity contribution is 6.31. The molecule has 0 fully saturated rings. The average molecular weight is 285 g/mol. The molecule has 1 aromatic carbocycles. The lowest BCUT2D eigenvalue weighted by Crippen LogP contribution is -2.31. The van der Waals surface area contributed by atoms with Crippen molar-refractivity contribution >= 4 is 17.5 Å². The smallest absolute Gasteiger partial charge is 0.223 e. The Morgan fingerprint density at radius 1 is 1.47 bits per heavy atom. The normalized spacial score (nSPS) is 10.6.